The van der Waals surface area contributed by atoms with Crippen molar-refractivity contribution in [2.75, 3.05) is 0 Å². The zero-order valence-electron chi connectivity index (χ0n) is 14.7. The Bertz CT molecular complexity index is 1120. The van der Waals surface area contributed by atoms with E-state index < -0.39 is 5.82 Å². The monoisotopic (exact) mass is 363 g/mol. The number of aliphatic hydroxyl groups excluding tert-OH is 1. The molecule has 0 saturated carbocycles. The van der Waals surface area contributed by atoms with Gasteiger partial charge in [-0.05, 0) is 37.3 Å². The van der Waals surface area contributed by atoms with Crippen molar-refractivity contribution in [1.29, 1.82) is 0 Å². The average Bonchev–Trinajstić information content (AvgIpc) is 3.11. The highest BCUT2D eigenvalue weighted by molar-refractivity contribution is 5.84. The maximum Gasteiger partial charge on any atom is 0.190 e. The Labute approximate surface area is 155 Å². The third-order valence-corrected chi connectivity index (χ3v) is 4.35. The van der Waals surface area contributed by atoms with Gasteiger partial charge in [-0.15, -0.1) is 0 Å². The lowest BCUT2D eigenvalue weighted by Crippen LogP contribution is -2.07. The van der Waals surface area contributed by atoms with Crippen LogP contribution in [-0.4, -0.2) is 24.9 Å². The molecule has 0 aliphatic heterocycles. The first kappa shape index (κ1) is 17.3. The van der Waals surface area contributed by atoms with Crippen molar-refractivity contribution in [3.63, 3.8) is 0 Å². The standard InChI is InChI=1S/C20H18FN5O/c1-12(22)17-3-2-4-18(25-17)13-5-6-14-10-23-26(19(14)9-13)20-16(21)8-7-15(11-27)24-20/h2-10,12,27H,11,22H2,1H3. The molecule has 0 spiro atoms. The fourth-order valence-corrected chi connectivity index (χ4v) is 2.92. The summed E-state index contributed by atoms with van der Waals surface area (Å²) in [6.45, 7) is 1.61. The van der Waals surface area contributed by atoms with Crippen LogP contribution in [0.5, 0.6) is 0 Å². The lowest BCUT2D eigenvalue weighted by molar-refractivity contribution is 0.276. The summed E-state index contributed by atoms with van der Waals surface area (Å²) in [6.07, 6.45) is 1.65. The van der Waals surface area contributed by atoms with Crippen LogP contribution in [0.3, 0.4) is 0 Å². The van der Waals surface area contributed by atoms with Crippen molar-refractivity contribution in [3.05, 3.63) is 71.9 Å². The lowest BCUT2D eigenvalue weighted by atomic mass is 10.1. The smallest absolute Gasteiger partial charge is 0.190 e. The minimum Gasteiger partial charge on any atom is -0.390 e. The van der Waals surface area contributed by atoms with Gasteiger partial charge in [-0.1, -0.05) is 18.2 Å². The maximum absolute atomic E-state index is 14.3. The van der Waals surface area contributed by atoms with Gasteiger partial charge < -0.3 is 10.8 Å². The minimum atomic E-state index is -0.514. The van der Waals surface area contributed by atoms with Crippen LogP contribution in [0, 0.1) is 5.82 Å². The van der Waals surface area contributed by atoms with Gasteiger partial charge in [-0.3, -0.25) is 4.98 Å². The van der Waals surface area contributed by atoms with E-state index in [1.807, 2.05) is 43.3 Å². The molecule has 3 heterocycles. The molecule has 3 N–H and O–H groups in total. The molecule has 0 radical (unpaired) electrons. The van der Waals surface area contributed by atoms with E-state index in [4.69, 9.17) is 5.73 Å². The summed E-state index contributed by atoms with van der Waals surface area (Å²) in [5.74, 6) is -0.467. The molecule has 0 fully saturated rings. The first-order chi connectivity index (χ1) is 13.1. The quantitative estimate of drug-likeness (QED) is 0.581. The number of hydrogen-bond donors (Lipinski definition) is 2. The molecule has 4 rings (SSSR count). The molecule has 27 heavy (non-hydrogen) atoms. The number of aliphatic hydroxyl groups is 1. The van der Waals surface area contributed by atoms with Gasteiger partial charge >= 0.3 is 0 Å². The van der Waals surface area contributed by atoms with Crippen molar-refractivity contribution < 1.29 is 9.50 Å². The highest BCUT2D eigenvalue weighted by atomic mass is 19.1. The summed E-state index contributed by atoms with van der Waals surface area (Å²) in [4.78, 5) is 8.77. The van der Waals surface area contributed by atoms with Crippen molar-refractivity contribution in [1.82, 2.24) is 19.7 Å². The Morgan fingerprint density at radius 3 is 2.78 bits per heavy atom. The Morgan fingerprint density at radius 2 is 2.00 bits per heavy atom. The van der Waals surface area contributed by atoms with Crippen LogP contribution in [0.4, 0.5) is 4.39 Å². The molecule has 136 valence electrons. The van der Waals surface area contributed by atoms with Crippen molar-refractivity contribution in [2.24, 2.45) is 5.73 Å². The van der Waals surface area contributed by atoms with Gasteiger partial charge in [0.25, 0.3) is 0 Å². The summed E-state index contributed by atoms with van der Waals surface area (Å²) in [6, 6.07) is 14.0. The molecule has 7 heteroatoms. The van der Waals surface area contributed by atoms with E-state index in [1.54, 1.807) is 6.20 Å². The topological polar surface area (TPSA) is 89.8 Å². The molecule has 0 aliphatic carbocycles. The van der Waals surface area contributed by atoms with Crippen LogP contribution >= 0.6 is 0 Å². The fourth-order valence-electron chi connectivity index (χ4n) is 2.92. The van der Waals surface area contributed by atoms with Gasteiger partial charge in [0, 0.05) is 17.0 Å². The summed E-state index contributed by atoms with van der Waals surface area (Å²) >= 11 is 0. The molecule has 1 aromatic carbocycles. The molecule has 0 aliphatic rings. The molecule has 0 amide bonds. The van der Waals surface area contributed by atoms with Crippen LogP contribution < -0.4 is 5.73 Å². The SMILES string of the molecule is CC(N)c1cccc(-c2ccc3cnn(-c4nc(CO)ccc4F)c3c2)n1. The van der Waals surface area contributed by atoms with E-state index in [2.05, 4.69) is 15.1 Å². The lowest BCUT2D eigenvalue weighted by Gasteiger charge is -2.09. The predicted molar refractivity (Wildman–Crippen MR) is 101 cm³/mol. The number of benzene rings is 1. The van der Waals surface area contributed by atoms with E-state index in [1.165, 1.54) is 16.8 Å². The number of hydrogen-bond acceptors (Lipinski definition) is 5. The predicted octanol–water partition coefficient (Wildman–Crippen LogP) is 3.13. The highest BCUT2D eigenvalue weighted by Gasteiger charge is 2.13. The normalized spacial score (nSPS) is 12.4. The molecule has 0 bridgehead atoms. The van der Waals surface area contributed by atoms with E-state index in [0.717, 1.165) is 22.3 Å². The highest BCUT2D eigenvalue weighted by Crippen LogP contribution is 2.26. The van der Waals surface area contributed by atoms with E-state index in [9.17, 15) is 9.50 Å². The largest absolute Gasteiger partial charge is 0.390 e. The summed E-state index contributed by atoms with van der Waals surface area (Å²) in [5.41, 5.74) is 9.44. The number of aromatic nitrogens is 4. The third-order valence-electron chi connectivity index (χ3n) is 4.35. The first-order valence-electron chi connectivity index (χ1n) is 8.54. The van der Waals surface area contributed by atoms with Gasteiger partial charge in [0.1, 0.15) is 0 Å². The molecule has 3 aromatic heterocycles. The minimum absolute atomic E-state index is 0.0472. The number of halogens is 1. The maximum atomic E-state index is 14.3. The summed E-state index contributed by atoms with van der Waals surface area (Å²) < 4.78 is 15.8. The van der Waals surface area contributed by atoms with E-state index in [-0.39, 0.29) is 18.5 Å². The zero-order valence-corrected chi connectivity index (χ0v) is 14.7. The number of rotatable bonds is 4. The molecule has 1 atom stereocenters. The van der Waals surface area contributed by atoms with Gasteiger partial charge in [0.2, 0.25) is 0 Å². The number of fused-ring (bicyclic) bond motifs is 1. The molecular weight excluding hydrogens is 345 g/mol. The van der Waals surface area contributed by atoms with E-state index >= 15 is 0 Å². The van der Waals surface area contributed by atoms with Crippen LogP contribution in [0.1, 0.15) is 24.4 Å². The molecular formula is C20H18FN5O. The molecule has 0 saturated heterocycles. The van der Waals surface area contributed by atoms with Crippen LogP contribution in [-0.2, 0) is 6.61 Å². The third kappa shape index (κ3) is 3.18. The van der Waals surface area contributed by atoms with Crippen LogP contribution in [0.25, 0.3) is 28.0 Å². The number of pyridine rings is 2. The summed E-state index contributed by atoms with van der Waals surface area (Å²) in [5, 5.41) is 14.4. The Morgan fingerprint density at radius 1 is 1.15 bits per heavy atom. The van der Waals surface area contributed by atoms with Crippen molar-refractivity contribution in [3.8, 4) is 17.1 Å². The molecule has 6 nitrogen and oxygen atoms in total. The van der Waals surface area contributed by atoms with Crippen molar-refractivity contribution >= 4 is 10.9 Å². The number of nitrogens with two attached hydrogens (primary N) is 1. The Balaban J connectivity index is 1.86. The van der Waals surface area contributed by atoms with Gasteiger partial charge in [-0.2, -0.15) is 5.10 Å². The van der Waals surface area contributed by atoms with Crippen LogP contribution in [0.2, 0.25) is 0 Å². The Kier molecular flexibility index (Phi) is 4.39. The Hall–Kier alpha value is -3.16. The van der Waals surface area contributed by atoms with Gasteiger partial charge in [0.15, 0.2) is 11.6 Å². The summed E-state index contributed by atoms with van der Waals surface area (Å²) in [7, 11) is 0. The second-order valence-electron chi connectivity index (χ2n) is 6.33. The molecule has 1 unspecified atom stereocenters. The number of nitrogens with zero attached hydrogens (tertiary/aromatic N) is 4. The second kappa shape index (κ2) is 6.86. The zero-order chi connectivity index (χ0) is 19.0. The second-order valence-corrected chi connectivity index (χ2v) is 6.33. The van der Waals surface area contributed by atoms with Gasteiger partial charge in [0.05, 0.1) is 35.4 Å². The molecule has 4 aromatic rings. The fraction of sp³-hybridized carbons (Fsp3) is 0.150. The van der Waals surface area contributed by atoms with Crippen LogP contribution in [0.15, 0.2) is 54.7 Å². The van der Waals surface area contributed by atoms with Crippen molar-refractivity contribution in [2.45, 2.75) is 19.6 Å². The average molecular weight is 363 g/mol. The first-order valence-corrected chi connectivity index (χ1v) is 8.54. The van der Waals surface area contributed by atoms with Gasteiger partial charge in [-0.25, -0.2) is 14.1 Å². The van der Waals surface area contributed by atoms with E-state index in [0.29, 0.717) is 11.2 Å².